The van der Waals surface area contributed by atoms with E-state index >= 15 is 0 Å². The van der Waals surface area contributed by atoms with E-state index in [1.165, 1.54) is 9.47 Å². The highest BCUT2D eigenvalue weighted by atomic mass is 16.2. The predicted molar refractivity (Wildman–Crippen MR) is 135 cm³/mol. The molecule has 0 saturated carbocycles. The Kier molecular flexibility index (Phi) is 10.4. The number of carbonyl (C=O) groups excluding carboxylic acids is 1. The number of aromatic nitrogens is 2. The monoisotopic (exact) mass is 457 g/mol. The number of anilines is 2. The maximum absolute atomic E-state index is 13.5. The number of hydrogen-bond donors (Lipinski definition) is 2. The Labute approximate surface area is 196 Å². The molecule has 2 aromatic rings. The van der Waals surface area contributed by atoms with Crippen molar-refractivity contribution in [2.45, 2.75) is 72.9 Å². The predicted octanol–water partition coefficient (Wildman–Crippen LogP) is 3.60. The summed E-state index contributed by atoms with van der Waals surface area (Å²) >= 11 is 0. The third kappa shape index (κ3) is 6.81. The van der Waals surface area contributed by atoms with Crippen LogP contribution in [0.2, 0.25) is 0 Å². The van der Waals surface area contributed by atoms with Crippen molar-refractivity contribution < 1.29 is 4.79 Å². The van der Waals surface area contributed by atoms with Crippen molar-refractivity contribution in [3.63, 3.8) is 0 Å². The van der Waals surface area contributed by atoms with Gasteiger partial charge in [-0.15, -0.1) is 0 Å². The average molecular weight is 458 g/mol. The highest BCUT2D eigenvalue weighted by Crippen LogP contribution is 2.21. The van der Waals surface area contributed by atoms with Crippen LogP contribution in [0.25, 0.3) is 0 Å². The molecular formula is C25H39N5O3. The second-order valence-corrected chi connectivity index (χ2v) is 8.32. The van der Waals surface area contributed by atoms with Crippen LogP contribution >= 0.6 is 0 Å². The molecule has 0 aliphatic heterocycles. The number of nitrogen functional groups attached to an aromatic ring is 1. The zero-order valence-electron chi connectivity index (χ0n) is 20.5. The van der Waals surface area contributed by atoms with Crippen LogP contribution in [0.5, 0.6) is 0 Å². The van der Waals surface area contributed by atoms with E-state index in [0.29, 0.717) is 18.7 Å². The molecule has 0 aliphatic carbocycles. The normalized spacial score (nSPS) is 11.2. The fourth-order valence-corrected chi connectivity index (χ4v) is 3.83. The van der Waals surface area contributed by atoms with Gasteiger partial charge < -0.3 is 10.6 Å². The fraction of sp³-hybridized carbons (Fsp3) is 0.560. The van der Waals surface area contributed by atoms with Gasteiger partial charge in [-0.25, -0.2) is 4.79 Å². The van der Waals surface area contributed by atoms with Crippen molar-refractivity contribution in [3.05, 3.63) is 56.2 Å². The molecule has 0 unspecified atom stereocenters. The molecule has 0 spiro atoms. The second kappa shape index (κ2) is 13.0. The smallest absolute Gasteiger partial charge is 0.330 e. The van der Waals surface area contributed by atoms with E-state index in [1.807, 2.05) is 19.1 Å². The number of H-pyrrole nitrogens is 1. The number of unbranched alkanes of at least 4 members (excludes halogenated alkanes) is 3. The van der Waals surface area contributed by atoms with Gasteiger partial charge in [-0.05, 0) is 43.6 Å². The zero-order chi connectivity index (χ0) is 24.4. The summed E-state index contributed by atoms with van der Waals surface area (Å²) < 4.78 is 1.35. The molecule has 1 amide bonds. The minimum Gasteiger partial charge on any atom is -0.383 e. The summed E-state index contributed by atoms with van der Waals surface area (Å²) in [6.07, 6.45) is 4.24. The van der Waals surface area contributed by atoms with Gasteiger partial charge in [0.15, 0.2) is 5.69 Å². The molecule has 1 aromatic carbocycles. The van der Waals surface area contributed by atoms with E-state index < -0.39 is 11.2 Å². The van der Waals surface area contributed by atoms with Crippen LogP contribution in [0.15, 0.2) is 33.9 Å². The zero-order valence-corrected chi connectivity index (χ0v) is 20.5. The summed E-state index contributed by atoms with van der Waals surface area (Å²) in [5, 5.41) is 0. The summed E-state index contributed by atoms with van der Waals surface area (Å²) in [6, 6.07) is 7.49. The van der Waals surface area contributed by atoms with Crippen LogP contribution in [0, 0.1) is 0 Å². The Balaban J connectivity index is 2.43. The first-order valence-corrected chi connectivity index (χ1v) is 12.1. The van der Waals surface area contributed by atoms with E-state index in [0.717, 1.165) is 57.3 Å². The minimum absolute atomic E-state index is 0.0419. The number of carbonyl (C=O) groups is 1. The molecule has 8 nitrogen and oxygen atoms in total. The van der Waals surface area contributed by atoms with E-state index in [2.05, 4.69) is 30.7 Å². The van der Waals surface area contributed by atoms with Crippen LogP contribution in [0.4, 0.5) is 11.5 Å². The number of hydrogen-bond acceptors (Lipinski definition) is 5. The molecule has 0 saturated heterocycles. The second-order valence-electron chi connectivity index (χ2n) is 8.32. The number of amides is 1. The molecule has 0 radical (unpaired) electrons. The maximum Gasteiger partial charge on any atom is 0.330 e. The van der Waals surface area contributed by atoms with Crippen molar-refractivity contribution in [1.29, 1.82) is 0 Å². The lowest BCUT2D eigenvalue weighted by Crippen LogP contribution is -2.41. The van der Waals surface area contributed by atoms with Crippen molar-refractivity contribution in [1.82, 2.24) is 14.5 Å². The molecule has 0 atom stereocenters. The summed E-state index contributed by atoms with van der Waals surface area (Å²) in [6.45, 7) is 11.8. The number of aromatic amines is 1. The van der Waals surface area contributed by atoms with Crippen molar-refractivity contribution in [2.75, 3.05) is 30.3 Å². The van der Waals surface area contributed by atoms with Crippen molar-refractivity contribution >= 4 is 17.4 Å². The Bertz CT molecular complexity index is 1010. The van der Waals surface area contributed by atoms with Crippen molar-refractivity contribution in [3.8, 4) is 0 Å². The van der Waals surface area contributed by atoms with Crippen LogP contribution in [0.1, 0.15) is 75.7 Å². The van der Waals surface area contributed by atoms with Crippen LogP contribution in [-0.4, -0.2) is 40.0 Å². The number of rotatable bonds is 13. The summed E-state index contributed by atoms with van der Waals surface area (Å²) in [7, 11) is 0. The van der Waals surface area contributed by atoms with Gasteiger partial charge in [0, 0.05) is 25.2 Å². The Hall–Kier alpha value is -2.87. The van der Waals surface area contributed by atoms with Gasteiger partial charge in [0.05, 0.1) is 0 Å². The molecule has 8 heteroatoms. The lowest BCUT2D eigenvalue weighted by molar-refractivity contribution is 0.0986. The van der Waals surface area contributed by atoms with E-state index in [-0.39, 0.29) is 17.4 Å². The Morgan fingerprint density at radius 3 is 2.18 bits per heavy atom. The first-order valence-electron chi connectivity index (χ1n) is 12.1. The molecule has 1 aromatic heterocycles. The van der Waals surface area contributed by atoms with Crippen molar-refractivity contribution in [2.24, 2.45) is 0 Å². The molecule has 0 bridgehead atoms. The Morgan fingerprint density at radius 1 is 0.970 bits per heavy atom. The lowest BCUT2D eigenvalue weighted by atomic mass is 10.1. The van der Waals surface area contributed by atoms with Gasteiger partial charge in [0.1, 0.15) is 5.82 Å². The quantitative estimate of drug-likeness (QED) is 0.447. The molecular weight excluding hydrogens is 418 g/mol. The van der Waals surface area contributed by atoms with Crippen LogP contribution < -0.4 is 21.9 Å². The van der Waals surface area contributed by atoms with Gasteiger partial charge in [0.25, 0.3) is 11.5 Å². The molecule has 182 valence electrons. The average Bonchev–Trinajstić information content (AvgIpc) is 2.81. The SMILES string of the molecule is CCCCCN(C(=O)c1ccc(CN(CC)CC)cc1)c1c(N)n(CCCC)c(=O)[nH]c1=O. The Morgan fingerprint density at radius 2 is 1.61 bits per heavy atom. The van der Waals surface area contributed by atoms with Crippen LogP contribution in [0.3, 0.4) is 0 Å². The minimum atomic E-state index is -0.631. The molecule has 0 aliphatic rings. The largest absolute Gasteiger partial charge is 0.383 e. The van der Waals surface area contributed by atoms with Crippen LogP contribution in [-0.2, 0) is 13.1 Å². The maximum atomic E-state index is 13.5. The topological polar surface area (TPSA) is 104 Å². The highest BCUT2D eigenvalue weighted by molar-refractivity contribution is 6.07. The first-order chi connectivity index (χ1) is 15.9. The number of nitrogens with one attached hydrogen (secondary N) is 1. The first kappa shape index (κ1) is 26.4. The van der Waals surface area contributed by atoms with E-state index in [4.69, 9.17) is 5.73 Å². The number of benzene rings is 1. The standard InChI is InChI=1S/C25H39N5O3/c1-5-9-11-17-29(21-22(26)30(16-10-6-2)25(33)27-23(21)31)24(32)20-14-12-19(13-15-20)18-28(7-3)8-4/h12-15H,5-11,16-18,26H2,1-4H3,(H,27,31,33). The van der Waals surface area contributed by atoms with E-state index in [9.17, 15) is 14.4 Å². The molecule has 0 fully saturated rings. The highest BCUT2D eigenvalue weighted by Gasteiger charge is 2.25. The third-order valence-corrected chi connectivity index (χ3v) is 5.95. The summed E-state index contributed by atoms with van der Waals surface area (Å²) in [5.41, 5.74) is 6.79. The summed E-state index contributed by atoms with van der Waals surface area (Å²) in [5.74, 6) is -0.251. The molecule has 3 N–H and O–H groups in total. The molecule has 2 rings (SSSR count). The fourth-order valence-electron chi connectivity index (χ4n) is 3.83. The lowest BCUT2D eigenvalue weighted by Gasteiger charge is -2.25. The number of nitrogens with zero attached hydrogens (tertiary/aromatic N) is 3. The molecule has 1 heterocycles. The third-order valence-electron chi connectivity index (χ3n) is 5.95. The van der Waals surface area contributed by atoms with Gasteiger partial charge >= 0.3 is 5.69 Å². The van der Waals surface area contributed by atoms with Gasteiger partial charge in [-0.3, -0.25) is 24.0 Å². The van der Waals surface area contributed by atoms with Gasteiger partial charge in [0.2, 0.25) is 0 Å². The van der Waals surface area contributed by atoms with Gasteiger partial charge in [-0.2, -0.15) is 0 Å². The molecule has 33 heavy (non-hydrogen) atoms. The van der Waals surface area contributed by atoms with Gasteiger partial charge in [-0.1, -0.05) is 59.1 Å². The summed E-state index contributed by atoms with van der Waals surface area (Å²) in [4.78, 5) is 44.7. The van der Waals surface area contributed by atoms with E-state index in [1.54, 1.807) is 12.1 Å². The number of nitrogens with two attached hydrogens (primary N) is 1.